The highest BCUT2D eigenvalue weighted by Crippen LogP contribution is 2.30. The van der Waals surface area contributed by atoms with Crippen LogP contribution in [0.25, 0.3) is 0 Å². The molecule has 1 aromatic carbocycles. The van der Waals surface area contributed by atoms with Gasteiger partial charge in [-0.25, -0.2) is 0 Å². The molecule has 0 amide bonds. The lowest BCUT2D eigenvalue weighted by Gasteiger charge is -2.36. The Labute approximate surface area is 121 Å². The second kappa shape index (κ2) is 6.33. The second-order valence-electron chi connectivity index (χ2n) is 5.50. The van der Waals surface area contributed by atoms with Crippen molar-refractivity contribution in [2.24, 2.45) is 11.7 Å². The first-order chi connectivity index (χ1) is 9.32. The van der Waals surface area contributed by atoms with Crippen LogP contribution in [-0.2, 0) is 6.54 Å². The molecule has 2 atom stereocenters. The number of piperidine rings is 1. The van der Waals surface area contributed by atoms with E-state index in [1.807, 2.05) is 17.0 Å². The van der Waals surface area contributed by atoms with E-state index in [9.17, 15) is 13.2 Å². The van der Waals surface area contributed by atoms with E-state index in [1.54, 1.807) is 12.1 Å². The number of likely N-dealkylation sites (tertiary alicyclic amines) is 1. The van der Waals surface area contributed by atoms with Crippen molar-refractivity contribution in [3.8, 4) is 0 Å². The molecule has 1 aromatic rings. The SMILES string of the molecule is NC1CC(CC(F)(F)F)CN(Cc2ccc(Cl)cc2)C1. The highest BCUT2D eigenvalue weighted by molar-refractivity contribution is 6.30. The zero-order chi connectivity index (χ0) is 14.8. The number of rotatable bonds is 3. The van der Waals surface area contributed by atoms with Gasteiger partial charge in [0.05, 0.1) is 0 Å². The van der Waals surface area contributed by atoms with Gasteiger partial charge < -0.3 is 5.73 Å². The molecule has 1 saturated heterocycles. The molecular weight excluding hydrogens is 289 g/mol. The molecule has 1 aliphatic heterocycles. The van der Waals surface area contributed by atoms with E-state index >= 15 is 0 Å². The molecule has 112 valence electrons. The molecule has 2 N–H and O–H groups in total. The summed E-state index contributed by atoms with van der Waals surface area (Å²) >= 11 is 5.81. The molecule has 2 unspecified atom stereocenters. The molecule has 6 heteroatoms. The Balaban J connectivity index is 1.95. The average molecular weight is 307 g/mol. The smallest absolute Gasteiger partial charge is 0.327 e. The van der Waals surface area contributed by atoms with Crippen molar-refractivity contribution in [2.75, 3.05) is 13.1 Å². The van der Waals surface area contributed by atoms with Crippen LogP contribution >= 0.6 is 11.6 Å². The van der Waals surface area contributed by atoms with Crippen molar-refractivity contribution in [1.29, 1.82) is 0 Å². The van der Waals surface area contributed by atoms with E-state index in [4.69, 9.17) is 17.3 Å². The lowest BCUT2D eigenvalue weighted by molar-refractivity contribution is -0.148. The molecule has 0 saturated carbocycles. The second-order valence-corrected chi connectivity index (χ2v) is 5.94. The molecule has 1 fully saturated rings. The zero-order valence-electron chi connectivity index (χ0n) is 11.0. The summed E-state index contributed by atoms with van der Waals surface area (Å²) in [6.45, 7) is 1.69. The predicted octanol–water partition coefficient (Wildman–Crippen LogP) is 3.44. The molecule has 2 nitrogen and oxygen atoms in total. The van der Waals surface area contributed by atoms with Gasteiger partial charge in [-0.2, -0.15) is 13.2 Å². The van der Waals surface area contributed by atoms with Crippen LogP contribution in [0.2, 0.25) is 5.02 Å². The Morgan fingerprint density at radius 3 is 2.45 bits per heavy atom. The van der Waals surface area contributed by atoms with Gasteiger partial charge in [0.2, 0.25) is 0 Å². The van der Waals surface area contributed by atoms with Crippen LogP contribution in [0.15, 0.2) is 24.3 Å². The van der Waals surface area contributed by atoms with Gasteiger partial charge in [0.15, 0.2) is 0 Å². The largest absolute Gasteiger partial charge is 0.389 e. The molecule has 1 aliphatic rings. The lowest BCUT2D eigenvalue weighted by atomic mass is 9.91. The number of hydrogen-bond donors (Lipinski definition) is 1. The van der Waals surface area contributed by atoms with Gasteiger partial charge in [-0.1, -0.05) is 23.7 Å². The number of nitrogens with zero attached hydrogens (tertiary/aromatic N) is 1. The van der Waals surface area contributed by atoms with Gasteiger partial charge >= 0.3 is 6.18 Å². The zero-order valence-corrected chi connectivity index (χ0v) is 11.8. The van der Waals surface area contributed by atoms with E-state index in [-0.39, 0.29) is 6.04 Å². The summed E-state index contributed by atoms with van der Waals surface area (Å²) in [5, 5.41) is 0.652. The molecule has 0 bridgehead atoms. The standard InChI is InChI=1S/C14H18ClF3N2/c15-12-3-1-10(2-4-12)7-20-8-11(5-13(19)9-20)6-14(16,17)18/h1-4,11,13H,5-9,19H2. The fraction of sp³-hybridized carbons (Fsp3) is 0.571. The van der Waals surface area contributed by atoms with E-state index in [0.717, 1.165) is 5.56 Å². The molecular formula is C14H18ClF3N2. The minimum absolute atomic E-state index is 0.191. The monoisotopic (exact) mass is 306 g/mol. The van der Waals surface area contributed by atoms with Gasteiger partial charge in [0.25, 0.3) is 0 Å². The Morgan fingerprint density at radius 2 is 1.85 bits per heavy atom. The Morgan fingerprint density at radius 1 is 1.20 bits per heavy atom. The summed E-state index contributed by atoms with van der Waals surface area (Å²) < 4.78 is 37.5. The molecule has 20 heavy (non-hydrogen) atoms. The van der Waals surface area contributed by atoms with Crippen LogP contribution in [0.3, 0.4) is 0 Å². The van der Waals surface area contributed by atoms with Gasteiger partial charge in [0.1, 0.15) is 0 Å². The minimum atomic E-state index is -4.12. The summed E-state index contributed by atoms with van der Waals surface area (Å²) in [7, 11) is 0. The fourth-order valence-electron chi connectivity index (χ4n) is 2.80. The highest BCUT2D eigenvalue weighted by Gasteiger charge is 2.35. The van der Waals surface area contributed by atoms with Gasteiger partial charge in [-0.15, -0.1) is 0 Å². The maximum Gasteiger partial charge on any atom is 0.389 e. The first-order valence-electron chi connectivity index (χ1n) is 6.61. The Kier molecular flexibility index (Phi) is 4.94. The van der Waals surface area contributed by atoms with Crippen molar-refractivity contribution in [2.45, 2.75) is 31.6 Å². The number of hydrogen-bond acceptors (Lipinski definition) is 2. The van der Waals surface area contributed by atoms with Gasteiger partial charge in [0, 0.05) is 37.1 Å². The first kappa shape index (κ1) is 15.6. The number of halogens is 4. The molecule has 0 aromatic heterocycles. The van der Waals surface area contributed by atoms with Crippen LogP contribution in [0.5, 0.6) is 0 Å². The van der Waals surface area contributed by atoms with Crippen LogP contribution in [0, 0.1) is 5.92 Å². The quantitative estimate of drug-likeness (QED) is 0.927. The molecule has 0 radical (unpaired) electrons. The Bertz CT molecular complexity index is 433. The van der Waals surface area contributed by atoms with Crippen molar-refractivity contribution >= 4 is 11.6 Å². The van der Waals surface area contributed by atoms with Crippen LogP contribution in [0.4, 0.5) is 13.2 Å². The predicted molar refractivity (Wildman–Crippen MR) is 73.5 cm³/mol. The van der Waals surface area contributed by atoms with Gasteiger partial charge in [-0.3, -0.25) is 4.90 Å². The summed E-state index contributed by atoms with van der Waals surface area (Å²) in [4.78, 5) is 1.99. The third-order valence-corrected chi connectivity index (χ3v) is 3.74. The van der Waals surface area contributed by atoms with Crippen LogP contribution < -0.4 is 5.73 Å². The summed E-state index contributed by atoms with van der Waals surface area (Å²) in [6.07, 6.45) is -4.43. The summed E-state index contributed by atoms with van der Waals surface area (Å²) in [6, 6.07) is 7.16. The maximum absolute atomic E-state index is 12.5. The van der Waals surface area contributed by atoms with E-state index in [2.05, 4.69) is 0 Å². The average Bonchev–Trinajstić information content (AvgIpc) is 2.29. The number of nitrogens with two attached hydrogens (primary N) is 1. The van der Waals surface area contributed by atoms with Crippen LogP contribution in [0.1, 0.15) is 18.4 Å². The van der Waals surface area contributed by atoms with E-state index in [1.165, 1.54) is 0 Å². The molecule has 0 spiro atoms. The summed E-state index contributed by atoms with van der Waals surface area (Å²) in [5.41, 5.74) is 6.92. The fourth-order valence-corrected chi connectivity index (χ4v) is 2.93. The lowest BCUT2D eigenvalue weighted by Crippen LogP contribution is -2.47. The third kappa shape index (κ3) is 4.96. The highest BCUT2D eigenvalue weighted by atomic mass is 35.5. The van der Waals surface area contributed by atoms with Crippen molar-refractivity contribution in [1.82, 2.24) is 4.90 Å². The van der Waals surface area contributed by atoms with Gasteiger partial charge in [-0.05, 0) is 30.0 Å². The minimum Gasteiger partial charge on any atom is -0.327 e. The number of alkyl halides is 3. The third-order valence-electron chi connectivity index (χ3n) is 3.48. The van der Waals surface area contributed by atoms with E-state index < -0.39 is 18.5 Å². The van der Waals surface area contributed by atoms with Crippen molar-refractivity contribution in [3.05, 3.63) is 34.9 Å². The maximum atomic E-state index is 12.5. The van der Waals surface area contributed by atoms with Crippen molar-refractivity contribution in [3.63, 3.8) is 0 Å². The normalized spacial score (nSPS) is 24.9. The number of benzene rings is 1. The van der Waals surface area contributed by atoms with E-state index in [0.29, 0.717) is 31.1 Å². The molecule has 2 rings (SSSR count). The molecule has 1 heterocycles. The summed E-state index contributed by atoms with van der Waals surface area (Å²) in [5.74, 6) is -0.411. The topological polar surface area (TPSA) is 29.3 Å². The van der Waals surface area contributed by atoms with Crippen LogP contribution in [-0.4, -0.2) is 30.2 Å². The first-order valence-corrected chi connectivity index (χ1v) is 6.99. The molecule has 0 aliphatic carbocycles. The van der Waals surface area contributed by atoms with Crippen molar-refractivity contribution < 1.29 is 13.2 Å². The Hall–Kier alpha value is -0.780.